The van der Waals surface area contributed by atoms with Gasteiger partial charge < -0.3 is 10.5 Å². The molecule has 21 heavy (non-hydrogen) atoms. The highest BCUT2D eigenvalue weighted by Crippen LogP contribution is 2.29. The van der Waals surface area contributed by atoms with Gasteiger partial charge >= 0.3 is 0 Å². The minimum atomic E-state index is -0.217. The van der Waals surface area contributed by atoms with Crippen LogP contribution in [-0.2, 0) is 0 Å². The molecule has 2 aromatic carbocycles. The summed E-state index contributed by atoms with van der Waals surface area (Å²) in [6.07, 6.45) is 0.989. The first-order chi connectivity index (χ1) is 10.1. The molecule has 2 rings (SSSR count). The normalized spacial score (nSPS) is 12.4. The van der Waals surface area contributed by atoms with E-state index in [2.05, 4.69) is 12.1 Å². The molecule has 2 aromatic rings. The zero-order chi connectivity index (χ0) is 15.2. The van der Waals surface area contributed by atoms with E-state index in [1.807, 2.05) is 38.1 Å². The smallest absolute Gasteiger partial charge is 0.123 e. The molecule has 2 N–H and O–H groups in total. The third-order valence-electron chi connectivity index (χ3n) is 3.38. The van der Waals surface area contributed by atoms with Gasteiger partial charge in [-0.15, -0.1) is 0 Å². The molecule has 0 unspecified atom stereocenters. The summed E-state index contributed by atoms with van der Waals surface area (Å²) in [4.78, 5) is 0. The number of hydrogen-bond acceptors (Lipinski definition) is 2. The second-order valence-corrected chi connectivity index (χ2v) is 5.42. The van der Waals surface area contributed by atoms with E-state index < -0.39 is 0 Å². The maximum atomic E-state index is 13.1. The van der Waals surface area contributed by atoms with Gasteiger partial charge in [0.25, 0.3) is 0 Å². The van der Waals surface area contributed by atoms with Crippen molar-refractivity contribution in [3.63, 3.8) is 0 Å². The van der Waals surface area contributed by atoms with Gasteiger partial charge in [0, 0.05) is 5.92 Å². The molecule has 112 valence electrons. The predicted octanol–water partition coefficient (Wildman–Crippen LogP) is 4.09. The number of rotatable bonds is 6. The standard InChI is InChI=1S/C18H22FNO/c1-13(2)21-17-9-5-15(6-10-17)18(11-12-20)14-3-7-16(19)8-4-14/h3-10,13,18H,11-12,20H2,1-2H3/t18-/m0/s1. The first kappa shape index (κ1) is 15.5. The number of halogens is 1. The Morgan fingerprint density at radius 2 is 1.48 bits per heavy atom. The molecule has 0 aliphatic rings. The first-order valence-corrected chi connectivity index (χ1v) is 7.32. The van der Waals surface area contributed by atoms with Crippen LogP contribution in [0.3, 0.4) is 0 Å². The molecule has 0 aliphatic carbocycles. The Morgan fingerprint density at radius 1 is 0.952 bits per heavy atom. The molecule has 2 nitrogen and oxygen atoms in total. The van der Waals surface area contributed by atoms with E-state index in [0.717, 1.165) is 17.7 Å². The fraction of sp³-hybridized carbons (Fsp3) is 0.333. The molecule has 0 amide bonds. The topological polar surface area (TPSA) is 35.2 Å². The van der Waals surface area contributed by atoms with Gasteiger partial charge in [-0.05, 0) is 62.2 Å². The maximum absolute atomic E-state index is 13.1. The maximum Gasteiger partial charge on any atom is 0.123 e. The van der Waals surface area contributed by atoms with Crippen LogP contribution in [-0.4, -0.2) is 12.6 Å². The van der Waals surface area contributed by atoms with E-state index >= 15 is 0 Å². The molecular weight excluding hydrogens is 265 g/mol. The highest BCUT2D eigenvalue weighted by atomic mass is 19.1. The summed E-state index contributed by atoms with van der Waals surface area (Å²) in [7, 11) is 0. The molecule has 1 atom stereocenters. The van der Waals surface area contributed by atoms with Crippen molar-refractivity contribution in [3.8, 4) is 5.75 Å². The second-order valence-electron chi connectivity index (χ2n) is 5.42. The number of nitrogens with two attached hydrogens (primary N) is 1. The third kappa shape index (κ3) is 4.30. The summed E-state index contributed by atoms with van der Waals surface area (Å²) in [6.45, 7) is 4.60. The average molecular weight is 287 g/mol. The van der Waals surface area contributed by atoms with Gasteiger partial charge in [-0.25, -0.2) is 4.39 Å². The second kappa shape index (κ2) is 7.23. The number of benzene rings is 2. The lowest BCUT2D eigenvalue weighted by atomic mass is 9.88. The highest BCUT2D eigenvalue weighted by molar-refractivity contribution is 5.36. The molecular formula is C18H22FNO. The van der Waals surface area contributed by atoms with Crippen molar-refractivity contribution in [2.45, 2.75) is 32.3 Å². The molecule has 0 aliphatic heterocycles. The summed E-state index contributed by atoms with van der Waals surface area (Å²) < 4.78 is 18.7. The molecule has 0 radical (unpaired) electrons. The zero-order valence-electron chi connectivity index (χ0n) is 12.6. The van der Waals surface area contributed by atoms with Gasteiger partial charge in [-0.3, -0.25) is 0 Å². The average Bonchev–Trinajstić information content (AvgIpc) is 2.46. The first-order valence-electron chi connectivity index (χ1n) is 7.32. The van der Waals surface area contributed by atoms with Crippen molar-refractivity contribution < 1.29 is 9.13 Å². The van der Waals surface area contributed by atoms with Crippen LogP contribution in [0.25, 0.3) is 0 Å². The summed E-state index contributed by atoms with van der Waals surface area (Å²) in [5, 5.41) is 0. The molecule has 0 fully saturated rings. The molecule has 0 saturated carbocycles. The van der Waals surface area contributed by atoms with Gasteiger partial charge in [0.1, 0.15) is 11.6 Å². The van der Waals surface area contributed by atoms with Gasteiger partial charge in [-0.2, -0.15) is 0 Å². The van der Waals surface area contributed by atoms with E-state index in [1.165, 1.54) is 17.7 Å². The van der Waals surface area contributed by atoms with Crippen LogP contribution in [0, 0.1) is 5.82 Å². The Balaban J connectivity index is 2.23. The van der Waals surface area contributed by atoms with E-state index in [1.54, 1.807) is 0 Å². The Bertz CT molecular complexity index is 548. The minimum absolute atomic E-state index is 0.160. The highest BCUT2D eigenvalue weighted by Gasteiger charge is 2.13. The molecule has 0 aromatic heterocycles. The lowest BCUT2D eigenvalue weighted by Crippen LogP contribution is -2.09. The quantitative estimate of drug-likeness (QED) is 0.868. The Morgan fingerprint density at radius 3 is 1.95 bits per heavy atom. The fourth-order valence-electron chi connectivity index (χ4n) is 2.44. The lowest BCUT2D eigenvalue weighted by molar-refractivity contribution is 0.242. The van der Waals surface area contributed by atoms with Crippen LogP contribution in [0.5, 0.6) is 5.75 Å². The SMILES string of the molecule is CC(C)Oc1ccc([C@@H](CCN)c2ccc(F)cc2)cc1. The van der Waals surface area contributed by atoms with Crippen molar-refractivity contribution in [3.05, 3.63) is 65.5 Å². The van der Waals surface area contributed by atoms with Crippen LogP contribution >= 0.6 is 0 Å². The molecule has 0 bridgehead atoms. The molecule has 3 heteroatoms. The monoisotopic (exact) mass is 287 g/mol. The van der Waals surface area contributed by atoms with Crippen LogP contribution in [0.2, 0.25) is 0 Å². The summed E-state index contributed by atoms with van der Waals surface area (Å²) in [5.41, 5.74) is 7.98. The summed E-state index contributed by atoms with van der Waals surface area (Å²) in [6, 6.07) is 14.7. The van der Waals surface area contributed by atoms with E-state index in [-0.39, 0.29) is 17.8 Å². The fourth-order valence-corrected chi connectivity index (χ4v) is 2.44. The van der Waals surface area contributed by atoms with E-state index in [4.69, 9.17) is 10.5 Å². The Hall–Kier alpha value is -1.87. The molecule has 0 spiro atoms. The van der Waals surface area contributed by atoms with Crippen LogP contribution in [0.1, 0.15) is 37.3 Å². The third-order valence-corrected chi connectivity index (χ3v) is 3.38. The minimum Gasteiger partial charge on any atom is -0.491 e. The van der Waals surface area contributed by atoms with Gasteiger partial charge in [0.2, 0.25) is 0 Å². The van der Waals surface area contributed by atoms with Gasteiger partial charge in [-0.1, -0.05) is 24.3 Å². The number of ether oxygens (including phenoxy) is 1. The van der Waals surface area contributed by atoms with Gasteiger partial charge in [0.15, 0.2) is 0 Å². The van der Waals surface area contributed by atoms with Crippen LogP contribution in [0.15, 0.2) is 48.5 Å². The van der Waals surface area contributed by atoms with Crippen molar-refractivity contribution in [2.24, 2.45) is 5.73 Å². The van der Waals surface area contributed by atoms with Crippen LogP contribution in [0.4, 0.5) is 4.39 Å². The van der Waals surface area contributed by atoms with Gasteiger partial charge in [0.05, 0.1) is 6.10 Å². The largest absolute Gasteiger partial charge is 0.491 e. The summed E-state index contributed by atoms with van der Waals surface area (Å²) >= 11 is 0. The Labute approximate surface area is 125 Å². The Kier molecular flexibility index (Phi) is 5.34. The van der Waals surface area contributed by atoms with Crippen LogP contribution < -0.4 is 10.5 Å². The lowest BCUT2D eigenvalue weighted by Gasteiger charge is -2.18. The predicted molar refractivity (Wildman–Crippen MR) is 84.1 cm³/mol. The van der Waals surface area contributed by atoms with E-state index in [0.29, 0.717) is 6.54 Å². The number of hydrogen-bond donors (Lipinski definition) is 1. The molecule has 0 saturated heterocycles. The van der Waals surface area contributed by atoms with Crippen molar-refractivity contribution in [2.75, 3.05) is 6.54 Å². The van der Waals surface area contributed by atoms with Crippen molar-refractivity contribution in [1.29, 1.82) is 0 Å². The zero-order valence-corrected chi connectivity index (χ0v) is 12.6. The summed E-state index contributed by atoms with van der Waals surface area (Å²) in [5.74, 6) is 0.828. The van der Waals surface area contributed by atoms with Crippen molar-refractivity contribution in [1.82, 2.24) is 0 Å². The van der Waals surface area contributed by atoms with Crippen molar-refractivity contribution >= 4 is 0 Å². The molecule has 0 heterocycles. The van der Waals surface area contributed by atoms with E-state index in [9.17, 15) is 4.39 Å².